The highest BCUT2D eigenvalue weighted by Gasteiger charge is 2.30. The van der Waals surface area contributed by atoms with Gasteiger partial charge in [0.1, 0.15) is 29.9 Å². The third-order valence-electron chi connectivity index (χ3n) is 5.27. The molecule has 2 atom stereocenters. The summed E-state index contributed by atoms with van der Waals surface area (Å²) in [5, 5.41) is 7.71. The van der Waals surface area contributed by atoms with E-state index >= 15 is 0 Å². The van der Waals surface area contributed by atoms with Crippen molar-refractivity contribution < 1.29 is 42.9 Å². The molecule has 0 aliphatic heterocycles. The summed E-state index contributed by atoms with van der Waals surface area (Å²) in [5.41, 5.74) is -0.658. The zero-order valence-corrected chi connectivity index (χ0v) is 25.2. The first-order chi connectivity index (χ1) is 19.1. The minimum absolute atomic E-state index is 0.0805. The second-order valence-electron chi connectivity index (χ2n) is 11.4. The first kappa shape index (κ1) is 35.2. The molecule has 1 aromatic carbocycles. The third kappa shape index (κ3) is 16.8. The molecule has 0 spiro atoms. The molecule has 0 aromatic heterocycles. The van der Waals surface area contributed by atoms with Crippen molar-refractivity contribution in [3.05, 3.63) is 35.9 Å². The van der Waals surface area contributed by atoms with Gasteiger partial charge in [-0.25, -0.2) is 14.4 Å². The molecule has 3 N–H and O–H groups in total. The number of esters is 2. The van der Waals surface area contributed by atoms with E-state index in [4.69, 9.17) is 18.9 Å². The van der Waals surface area contributed by atoms with Gasteiger partial charge in [-0.15, -0.1) is 0 Å². The topological polar surface area (TPSA) is 158 Å². The van der Waals surface area contributed by atoms with E-state index in [-0.39, 0.29) is 25.9 Å². The normalized spacial score (nSPS) is 12.8. The fraction of sp³-hybridized carbons (Fsp3) is 0.621. The van der Waals surface area contributed by atoms with Gasteiger partial charge in [0.2, 0.25) is 5.91 Å². The highest BCUT2D eigenvalue weighted by Crippen LogP contribution is 2.12. The van der Waals surface area contributed by atoms with Gasteiger partial charge in [-0.1, -0.05) is 30.3 Å². The van der Waals surface area contributed by atoms with Crippen LogP contribution in [0.15, 0.2) is 30.3 Å². The second kappa shape index (κ2) is 17.1. The largest absolute Gasteiger partial charge is 0.467 e. The SMILES string of the molecule is COC(=O)C(CCCCNC(=O)OCc1ccccc1)NC(=O)C(CCC(=O)OC(C)(C)C)NC(=O)OC(C)(C)C. The van der Waals surface area contributed by atoms with Crippen LogP contribution in [-0.2, 0) is 39.9 Å². The van der Waals surface area contributed by atoms with Crippen molar-refractivity contribution in [3.63, 3.8) is 0 Å². The minimum atomic E-state index is -1.18. The summed E-state index contributed by atoms with van der Waals surface area (Å²) in [6.07, 6.45) is -0.467. The summed E-state index contributed by atoms with van der Waals surface area (Å²) >= 11 is 0. The van der Waals surface area contributed by atoms with Crippen LogP contribution in [0.25, 0.3) is 0 Å². The van der Waals surface area contributed by atoms with Crippen LogP contribution in [0.5, 0.6) is 0 Å². The Hall–Kier alpha value is -3.83. The number of benzene rings is 1. The van der Waals surface area contributed by atoms with Crippen molar-refractivity contribution in [1.29, 1.82) is 0 Å². The van der Waals surface area contributed by atoms with E-state index in [0.717, 1.165) is 5.56 Å². The van der Waals surface area contributed by atoms with Crippen molar-refractivity contribution >= 4 is 30.0 Å². The molecule has 3 amide bonds. The summed E-state index contributed by atoms with van der Waals surface area (Å²) < 4.78 is 20.5. The van der Waals surface area contributed by atoms with Crippen LogP contribution in [0, 0.1) is 0 Å². The van der Waals surface area contributed by atoms with Gasteiger partial charge in [0.05, 0.1) is 7.11 Å². The first-order valence-corrected chi connectivity index (χ1v) is 13.6. The number of hydrogen-bond acceptors (Lipinski definition) is 9. The molecule has 12 heteroatoms. The molecule has 0 radical (unpaired) electrons. The number of nitrogens with one attached hydrogen (secondary N) is 3. The van der Waals surface area contributed by atoms with Crippen molar-refractivity contribution in [2.45, 2.75) is 104 Å². The zero-order chi connectivity index (χ0) is 31.1. The number of alkyl carbamates (subject to hydrolysis) is 2. The lowest BCUT2D eigenvalue weighted by molar-refractivity contribution is -0.155. The Bertz CT molecular complexity index is 1000. The molecule has 1 rings (SSSR count). The molecular weight excluding hydrogens is 534 g/mol. The minimum Gasteiger partial charge on any atom is -0.467 e. The quantitative estimate of drug-likeness (QED) is 0.169. The molecule has 0 fully saturated rings. The van der Waals surface area contributed by atoms with Crippen LogP contribution >= 0.6 is 0 Å². The molecule has 1 aromatic rings. The maximum Gasteiger partial charge on any atom is 0.408 e. The standard InChI is InChI=1S/C29H45N3O9/c1-28(2,3)40-23(33)17-16-21(32-27(37)41-29(4,5)6)24(34)31-22(25(35)38-7)15-11-12-18-30-26(36)39-19-20-13-9-8-10-14-20/h8-10,13-14,21-22H,11-12,15-19H2,1-7H3,(H,30,36)(H,31,34)(H,32,37). The van der Waals surface area contributed by atoms with Crippen molar-refractivity contribution in [2.75, 3.05) is 13.7 Å². The first-order valence-electron chi connectivity index (χ1n) is 13.6. The molecule has 0 saturated heterocycles. The number of amides is 3. The van der Waals surface area contributed by atoms with E-state index in [0.29, 0.717) is 19.4 Å². The Morgan fingerprint density at radius 3 is 2.00 bits per heavy atom. The fourth-order valence-electron chi connectivity index (χ4n) is 3.47. The molecule has 0 aliphatic carbocycles. The molecule has 230 valence electrons. The van der Waals surface area contributed by atoms with E-state index in [1.807, 2.05) is 30.3 Å². The lowest BCUT2D eigenvalue weighted by Gasteiger charge is -2.25. The molecule has 0 heterocycles. The summed E-state index contributed by atoms with van der Waals surface area (Å²) in [7, 11) is 1.20. The number of methoxy groups -OCH3 is 1. The third-order valence-corrected chi connectivity index (χ3v) is 5.27. The van der Waals surface area contributed by atoms with Crippen molar-refractivity contribution in [3.8, 4) is 0 Å². The molecule has 0 saturated carbocycles. The average molecular weight is 580 g/mol. The van der Waals surface area contributed by atoms with Gasteiger partial charge in [0.15, 0.2) is 0 Å². The Morgan fingerprint density at radius 2 is 1.41 bits per heavy atom. The van der Waals surface area contributed by atoms with Crippen molar-refractivity contribution in [2.24, 2.45) is 0 Å². The maximum absolute atomic E-state index is 13.1. The molecule has 2 unspecified atom stereocenters. The average Bonchev–Trinajstić information content (AvgIpc) is 2.86. The van der Waals surface area contributed by atoms with Crippen LogP contribution in [0.3, 0.4) is 0 Å². The van der Waals surface area contributed by atoms with Crippen LogP contribution in [0.4, 0.5) is 9.59 Å². The predicted octanol–water partition coefficient (Wildman–Crippen LogP) is 3.76. The van der Waals surface area contributed by atoms with E-state index in [2.05, 4.69) is 16.0 Å². The summed E-state index contributed by atoms with van der Waals surface area (Å²) in [5.74, 6) is -1.89. The Balaban J connectivity index is 2.67. The molecule has 41 heavy (non-hydrogen) atoms. The van der Waals surface area contributed by atoms with Gasteiger partial charge in [-0.2, -0.15) is 0 Å². The van der Waals surface area contributed by atoms with Crippen LogP contribution in [0.1, 0.15) is 79.2 Å². The number of carbonyl (C=O) groups is 5. The molecule has 12 nitrogen and oxygen atoms in total. The predicted molar refractivity (Wildman–Crippen MR) is 151 cm³/mol. The van der Waals surface area contributed by atoms with E-state index < -0.39 is 53.3 Å². The van der Waals surface area contributed by atoms with Gasteiger partial charge in [0, 0.05) is 13.0 Å². The van der Waals surface area contributed by atoms with E-state index in [9.17, 15) is 24.0 Å². The van der Waals surface area contributed by atoms with Crippen LogP contribution < -0.4 is 16.0 Å². The van der Waals surface area contributed by atoms with Crippen LogP contribution in [-0.4, -0.2) is 67.0 Å². The molecule has 0 bridgehead atoms. The summed E-state index contributed by atoms with van der Waals surface area (Å²) in [4.78, 5) is 62.0. The number of rotatable bonds is 14. The van der Waals surface area contributed by atoms with Gasteiger partial charge < -0.3 is 34.9 Å². The Morgan fingerprint density at radius 1 is 0.780 bits per heavy atom. The summed E-state index contributed by atoms with van der Waals surface area (Å²) in [6.45, 7) is 10.6. The molecular formula is C29H45N3O9. The highest BCUT2D eigenvalue weighted by atomic mass is 16.6. The Labute approximate surface area is 242 Å². The van der Waals surface area contributed by atoms with E-state index in [1.165, 1.54) is 7.11 Å². The number of ether oxygens (including phenoxy) is 4. The zero-order valence-electron chi connectivity index (χ0n) is 25.2. The van der Waals surface area contributed by atoms with Gasteiger partial charge in [0.25, 0.3) is 0 Å². The number of unbranched alkanes of at least 4 members (excludes halogenated alkanes) is 1. The monoisotopic (exact) mass is 579 g/mol. The smallest absolute Gasteiger partial charge is 0.408 e. The van der Waals surface area contributed by atoms with Gasteiger partial charge in [-0.05, 0) is 72.8 Å². The van der Waals surface area contributed by atoms with Gasteiger partial charge in [-0.3, -0.25) is 9.59 Å². The number of carbonyl (C=O) groups excluding carboxylic acids is 5. The second-order valence-corrected chi connectivity index (χ2v) is 11.4. The molecule has 0 aliphatic rings. The van der Waals surface area contributed by atoms with E-state index in [1.54, 1.807) is 41.5 Å². The maximum atomic E-state index is 13.1. The lowest BCUT2D eigenvalue weighted by Crippen LogP contribution is -2.52. The Kier molecular flexibility index (Phi) is 14.7. The van der Waals surface area contributed by atoms with Crippen LogP contribution in [0.2, 0.25) is 0 Å². The van der Waals surface area contributed by atoms with Gasteiger partial charge >= 0.3 is 24.1 Å². The summed E-state index contributed by atoms with van der Waals surface area (Å²) in [6, 6.07) is 7.08. The lowest BCUT2D eigenvalue weighted by atomic mass is 10.1. The van der Waals surface area contributed by atoms with Crippen molar-refractivity contribution in [1.82, 2.24) is 16.0 Å². The fourth-order valence-corrected chi connectivity index (χ4v) is 3.47. The highest BCUT2D eigenvalue weighted by molar-refractivity contribution is 5.90. The number of hydrogen-bond donors (Lipinski definition) is 3.